The molecule has 198 valence electrons. The van der Waals surface area contributed by atoms with Crippen molar-refractivity contribution in [2.75, 3.05) is 37.9 Å². The van der Waals surface area contributed by atoms with E-state index in [0.29, 0.717) is 18.7 Å². The molecule has 1 N–H and O–H groups in total. The minimum absolute atomic E-state index is 0.159. The van der Waals surface area contributed by atoms with Gasteiger partial charge in [0.15, 0.2) is 0 Å². The molecule has 0 saturated carbocycles. The molecule has 0 aliphatic carbocycles. The number of ether oxygens (including phenoxy) is 2. The third kappa shape index (κ3) is 7.87. The highest BCUT2D eigenvalue weighted by atomic mass is 32.2. The first kappa shape index (κ1) is 29.0. The van der Waals surface area contributed by atoms with E-state index in [1.54, 1.807) is 12.1 Å². The zero-order valence-corrected chi connectivity index (χ0v) is 22.5. The lowest BCUT2D eigenvalue weighted by atomic mass is 10.1. The molecule has 0 fully saturated rings. The summed E-state index contributed by atoms with van der Waals surface area (Å²) in [5, 5.41) is 2.90. The molecule has 36 heavy (non-hydrogen) atoms. The van der Waals surface area contributed by atoms with Gasteiger partial charge in [-0.25, -0.2) is 8.42 Å². The highest BCUT2D eigenvalue weighted by Crippen LogP contribution is 2.34. The second-order valence-electron chi connectivity index (χ2n) is 8.38. The van der Waals surface area contributed by atoms with Gasteiger partial charge in [-0.15, -0.1) is 0 Å². The number of nitrogens with one attached hydrogen (secondary N) is 1. The summed E-state index contributed by atoms with van der Waals surface area (Å²) in [7, 11) is -1.01. The largest absolute Gasteiger partial charge is 0.497 e. The second kappa shape index (κ2) is 13.7. The number of amides is 2. The Morgan fingerprint density at radius 2 is 1.72 bits per heavy atom. The van der Waals surface area contributed by atoms with Crippen LogP contribution in [-0.2, 0) is 26.2 Å². The standard InChI is InChI=1S/C26H37N3O6S/c1-6-8-16-27-26(31)22(7-2)28(18-20-12-10-9-11-13-20)25(30)19-29(36(5,32)33)23-17-21(34-3)14-15-24(23)35-4/h9-15,17,22H,6-8,16,18-19H2,1-5H3,(H,27,31). The monoisotopic (exact) mass is 519 g/mol. The molecule has 2 rings (SSSR count). The molecular formula is C26H37N3O6S. The molecule has 1 atom stereocenters. The van der Waals surface area contributed by atoms with E-state index >= 15 is 0 Å². The lowest BCUT2D eigenvalue weighted by Gasteiger charge is -2.33. The molecule has 0 saturated heterocycles. The first-order chi connectivity index (χ1) is 17.2. The molecule has 0 aliphatic heterocycles. The number of sulfonamides is 1. The van der Waals surface area contributed by atoms with E-state index in [0.717, 1.165) is 29.0 Å². The number of hydrogen-bond donors (Lipinski definition) is 1. The van der Waals surface area contributed by atoms with E-state index in [9.17, 15) is 18.0 Å². The summed E-state index contributed by atoms with van der Waals surface area (Å²) in [6.07, 6.45) is 3.15. The number of methoxy groups -OCH3 is 2. The van der Waals surface area contributed by atoms with E-state index in [4.69, 9.17) is 9.47 Å². The number of benzene rings is 2. The van der Waals surface area contributed by atoms with Crippen molar-refractivity contribution in [3.8, 4) is 11.5 Å². The topological polar surface area (TPSA) is 105 Å². The number of unbranched alkanes of at least 4 members (excludes halogenated alkanes) is 1. The molecule has 0 heterocycles. The zero-order valence-electron chi connectivity index (χ0n) is 21.7. The Morgan fingerprint density at radius 3 is 2.28 bits per heavy atom. The third-order valence-electron chi connectivity index (χ3n) is 5.75. The highest BCUT2D eigenvalue weighted by molar-refractivity contribution is 7.92. The first-order valence-electron chi connectivity index (χ1n) is 12.0. The second-order valence-corrected chi connectivity index (χ2v) is 10.3. The minimum Gasteiger partial charge on any atom is -0.497 e. The van der Waals surface area contributed by atoms with Gasteiger partial charge in [0.25, 0.3) is 0 Å². The molecule has 2 amide bonds. The molecule has 2 aromatic rings. The molecule has 2 aromatic carbocycles. The van der Waals surface area contributed by atoms with E-state index in [1.165, 1.54) is 25.2 Å². The van der Waals surface area contributed by atoms with Crippen molar-refractivity contribution in [3.05, 3.63) is 54.1 Å². The Kier molecular flexibility index (Phi) is 11.0. The maximum Gasteiger partial charge on any atom is 0.244 e. The van der Waals surface area contributed by atoms with E-state index in [1.807, 2.05) is 44.2 Å². The van der Waals surface area contributed by atoms with Crippen molar-refractivity contribution in [2.45, 2.75) is 45.7 Å². The average molecular weight is 520 g/mol. The lowest BCUT2D eigenvalue weighted by Crippen LogP contribution is -2.52. The predicted molar refractivity (Wildman–Crippen MR) is 141 cm³/mol. The Morgan fingerprint density at radius 1 is 1.03 bits per heavy atom. The van der Waals surface area contributed by atoms with Gasteiger partial charge >= 0.3 is 0 Å². The van der Waals surface area contributed by atoms with Crippen LogP contribution in [0.25, 0.3) is 0 Å². The van der Waals surface area contributed by atoms with Crippen LogP contribution in [0, 0.1) is 0 Å². The Hall–Kier alpha value is -3.27. The van der Waals surface area contributed by atoms with Gasteiger partial charge in [-0.05, 0) is 30.5 Å². The van der Waals surface area contributed by atoms with E-state index < -0.39 is 28.5 Å². The fraction of sp³-hybridized carbons (Fsp3) is 0.462. The van der Waals surface area contributed by atoms with Crippen LogP contribution in [0.1, 0.15) is 38.7 Å². The van der Waals surface area contributed by atoms with Gasteiger partial charge in [0.1, 0.15) is 24.1 Å². The summed E-state index contributed by atoms with van der Waals surface area (Å²) < 4.78 is 37.3. The van der Waals surface area contributed by atoms with Crippen LogP contribution in [-0.4, -0.2) is 64.7 Å². The Balaban J connectivity index is 2.46. The lowest BCUT2D eigenvalue weighted by molar-refractivity contribution is -0.140. The van der Waals surface area contributed by atoms with Crippen LogP contribution < -0.4 is 19.1 Å². The van der Waals surface area contributed by atoms with Crippen molar-refractivity contribution in [3.63, 3.8) is 0 Å². The summed E-state index contributed by atoms with van der Waals surface area (Å²) in [6, 6.07) is 13.3. The SMILES string of the molecule is CCCCNC(=O)C(CC)N(Cc1ccccc1)C(=O)CN(c1cc(OC)ccc1OC)S(C)(=O)=O. The van der Waals surface area contributed by atoms with E-state index in [2.05, 4.69) is 5.32 Å². The van der Waals surface area contributed by atoms with Crippen molar-refractivity contribution in [1.29, 1.82) is 0 Å². The Bertz CT molecular complexity index is 1110. The van der Waals surface area contributed by atoms with Gasteiger partial charge in [0.2, 0.25) is 21.8 Å². The fourth-order valence-corrected chi connectivity index (χ4v) is 4.64. The molecular weight excluding hydrogens is 482 g/mol. The van der Waals surface area contributed by atoms with Crippen LogP contribution in [0.2, 0.25) is 0 Å². The van der Waals surface area contributed by atoms with Gasteiger partial charge in [-0.3, -0.25) is 13.9 Å². The molecule has 0 aliphatic rings. The van der Waals surface area contributed by atoms with Gasteiger partial charge in [-0.2, -0.15) is 0 Å². The number of carbonyl (C=O) groups is 2. The quantitative estimate of drug-likeness (QED) is 0.385. The summed E-state index contributed by atoms with van der Waals surface area (Å²) in [6.45, 7) is 4.02. The molecule has 0 radical (unpaired) electrons. The van der Waals surface area contributed by atoms with Gasteiger partial charge in [0.05, 0.1) is 26.2 Å². The molecule has 0 aromatic heterocycles. The molecule has 1 unspecified atom stereocenters. The van der Waals surface area contributed by atoms with Crippen LogP contribution in [0.5, 0.6) is 11.5 Å². The van der Waals surface area contributed by atoms with Gasteiger partial charge < -0.3 is 19.7 Å². The predicted octanol–water partition coefficient (Wildman–Crippen LogP) is 3.19. The van der Waals surface area contributed by atoms with Gasteiger partial charge in [0, 0.05) is 19.2 Å². The summed E-state index contributed by atoms with van der Waals surface area (Å²) in [4.78, 5) is 28.2. The smallest absolute Gasteiger partial charge is 0.244 e. The van der Waals surface area contributed by atoms with Crippen LogP contribution in [0.4, 0.5) is 5.69 Å². The summed E-state index contributed by atoms with van der Waals surface area (Å²) in [5.74, 6) is -0.0884. The number of carbonyl (C=O) groups excluding carboxylic acids is 2. The number of hydrogen-bond acceptors (Lipinski definition) is 6. The van der Waals surface area contributed by atoms with E-state index in [-0.39, 0.29) is 23.9 Å². The van der Waals surface area contributed by atoms with Crippen LogP contribution in [0.15, 0.2) is 48.5 Å². The Labute approximate surface area is 214 Å². The molecule has 0 spiro atoms. The third-order valence-corrected chi connectivity index (χ3v) is 6.87. The van der Waals surface area contributed by atoms with Crippen molar-refractivity contribution in [1.82, 2.24) is 10.2 Å². The maximum atomic E-state index is 13.7. The van der Waals surface area contributed by atoms with Crippen LogP contribution in [0.3, 0.4) is 0 Å². The molecule has 9 nitrogen and oxygen atoms in total. The molecule has 10 heteroatoms. The summed E-state index contributed by atoms with van der Waals surface area (Å²) in [5.41, 5.74) is 1.00. The van der Waals surface area contributed by atoms with Gasteiger partial charge in [-0.1, -0.05) is 50.6 Å². The summed E-state index contributed by atoms with van der Waals surface area (Å²) >= 11 is 0. The normalized spacial score (nSPS) is 11.9. The number of rotatable bonds is 14. The maximum absolute atomic E-state index is 13.7. The van der Waals surface area contributed by atoms with Crippen molar-refractivity contribution >= 4 is 27.5 Å². The van der Waals surface area contributed by atoms with Crippen molar-refractivity contribution in [2.24, 2.45) is 0 Å². The minimum atomic E-state index is -3.90. The van der Waals surface area contributed by atoms with Crippen molar-refractivity contribution < 1.29 is 27.5 Å². The average Bonchev–Trinajstić information content (AvgIpc) is 2.86. The fourth-order valence-electron chi connectivity index (χ4n) is 3.79. The van der Waals surface area contributed by atoms with Crippen LogP contribution >= 0.6 is 0 Å². The highest BCUT2D eigenvalue weighted by Gasteiger charge is 2.32. The zero-order chi connectivity index (χ0) is 26.7. The molecule has 0 bridgehead atoms. The first-order valence-corrected chi connectivity index (χ1v) is 13.8. The number of nitrogens with zero attached hydrogens (tertiary/aromatic N) is 2. The number of anilines is 1.